The SMILES string of the molecule is CC/C=C\C/C=C\C/C=C\C/C=C\C/C=C\C/C=C\C/C=C\C/C=C\C/C=C\C/C=C\CCCCC(=O)OCC(COC(=O)CCCCCCC/C=C\CCCC)OC(=O)CCCCCCC/C=C\CCCCCCC. The molecular formula is C70H112O6. The van der Waals surface area contributed by atoms with E-state index in [0.29, 0.717) is 25.7 Å². The van der Waals surface area contributed by atoms with Crippen LogP contribution in [0.1, 0.15) is 258 Å². The van der Waals surface area contributed by atoms with Crippen molar-refractivity contribution >= 4 is 17.9 Å². The first-order valence-electron chi connectivity index (χ1n) is 30.8. The van der Waals surface area contributed by atoms with Crippen LogP contribution < -0.4 is 0 Å². The molecule has 0 fully saturated rings. The van der Waals surface area contributed by atoms with Crippen molar-refractivity contribution in [3.63, 3.8) is 0 Å². The third-order valence-corrected chi connectivity index (χ3v) is 12.5. The summed E-state index contributed by atoms with van der Waals surface area (Å²) in [5.74, 6) is -0.972. The number of ether oxygens (including phenoxy) is 3. The summed E-state index contributed by atoms with van der Waals surface area (Å²) >= 11 is 0. The van der Waals surface area contributed by atoms with Crippen molar-refractivity contribution in [3.05, 3.63) is 146 Å². The van der Waals surface area contributed by atoms with Crippen molar-refractivity contribution in [1.82, 2.24) is 0 Å². The molecule has 0 radical (unpaired) electrons. The molecule has 0 amide bonds. The quantitative estimate of drug-likeness (QED) is 0.0261. The number of rotatable bonds is 54. The first kappa shape index (κ1) is 71.3. The lowest BCUT2D eigenvalue weighted by Crippen LogP contribution is -2.30. The van der Waals surface area contributed by atoms with Gasteiger partial charge in [-0.2, -0.15) is 0 Å². The van der Waals surface area contributed by atoms with Crippen molar-refractivity contribution in [2.75, 3.05) is 13.2 Å². The van der Waals surface area contributed by atoms with E-state index in [1.54, 1.807) is 0 Å². The Kier molecular flexibility index (Phi) is 58.9. The summed E-state index contributed by atoms with van der Waals surface area (Å²) in [6, 6.07) is 0. The molecule has 0 N–H and O–H groups in total. The molecule has 0 aromatic heterocycles. The molecule has 428 valence electrons. The van der Waals surface area contributed by atoms with E-state index in [4.69, 9.17) is 14.2 Å². The van der Waals surface area contributed by atoms with Crippen LogP contribution in [0.3, 0.4) is 0 Å². The third kappa shape index (κ3) is 60.2. The Morgan fingerprint density at radius 1 is 0.276 bits per heavy atom. The Hall–Kier alpha value is -4.71. The second-order valence-corrected chi connectivity index (χ2v) is 19.9. The van der Waals surface area contributed by atoms with Gasteiger partial charge in [0.15, 0.2) is 6.10 Å². The molecule has 0 rings (SSSR count). The monoisotopic (exact) mass is 1050 g/mol. The van der Waals surface area contributed by atoms with Crippen LogP contribution in [0.15, 0.2) is 146 Å². The van der Waals surface area contributed by atoms with Gasteiger partial charge in [-0.25, -0.2) is 0 Å². The van der Waals surface area contributed by atoms with E-state index in [2.05, 4.69) is 167 Å². The molecule has 6 heteroatoms. The number of unbranched alkanes of at least 4 members (excludes halogenated alkanes) is 19. The molecule has 0 aromatic rings. The topological polar surface area (TPSA) is 78.9 Å². The number of carbonyl (C=O) groups excluding carboxylic acids is 3. The molecule has 0 aliphatic rings. The van der Waals surface area contributed by atoms with E-state index in [0.717, 1.165) is 141 Å². The smallest absolute Gasteiger partial charge is 0.306 e. The number of hydrogen-bond donors (Lipinski definition) is 0. The van der Waals surface area contributed by atoms with Gasteiger partial charge in [0.1, 0.15) is 13.2 Å². The van der Waals surface area contributed by atoms with E-state index in [1.807, 2.05) is 0 Å². The van der Waals surface area contributed by atoms with Crippen LogP contribution >= 0.6 is 0 Å². The second-order valence-electron chi connectivity index (χ2n) is 19.9. The Morgan fingerprint density at radius 2 is 0.526 bits per heavy atom. The molecule has 0 spiro atoms. The fourth-order valence-corrected chi connectivity index (χ4v) is 7.92. The average molecular weight is 1050 g/mol. The third-order valence-electron chi connectivity index (χ3n) is 12.5. The maximum absolute atomic E-state index is 12.8. The highest BCUT2D eigenvalue weighted by Crippen LogP contribution is 2.13. The molecule has 1 atom stereocenters. The minimum atomic E-state index is -0.808. The summed E-state index contributed by atoms with van der Waals surface area (Å²) in [6.07, 6.45) is 90.0. The molecular weight excluding hydrogens is 937 g/mol. The standard InChI is InChI=1S/C70H112O6/c1-4-7-10-13-16-19-22-24-26-27-28-29-30-31-32-33-34-35-36-37-38-39-40-41-42-43-44-46-48-51-54-57-60-63-69(72)75-66-67(65-74-68(71)62-59-56-53-50-47-21-18-15-12-9-6-3)76-70(73)64-61-58-55-52-49-45-25-23-20-17-14-11-8-5-2/h7,10,15-16,18-19,23-26,28-29,31-32,34-35,37-38,40-41,43-44,48,51,67H,4-6,8-9,11-14,17,20-22,27,30,33,36,39,42,45-47,49-50,52-66H2,1-3H3/b10-7-,18-15-,19-16-,25-23-,26-24-,29-28-,32-31-,35-34-,38-37-,41-40-,44-43-,51-48-. The fraction of sp³-hybridized carbons (Fsp3) is 0.614. The second kappa shape index (κ2) is 62.8. The fourth-order valence-electron chi connectivity index (χ4n) is 7.92. The average Bonchev–Trinajstić information content (AvgIpc) is 3.42. The number of hydrogen-bond acceptors (Lipinski definition) is 6. The molecule has 0 heterocycles. The summed E-state index contributed by atoms with van der Waals surface area (Å²) in [5, 5.41) is 0. The summed E-state index contributed by atoms with van der Waals surface area (Å²) < 4.78 is 16.8. The summed E-state index contributed by atoms with van der Waals surface area (Å²) in [7, 11) is 0. The van der Waals surface area contributed by atoms with Gasteiger partial charge in [-0.3, -0.25) is 14.4 Å². The Balaban J connectivity index is 4.35. The van der Waals surface area contributed by atoms with Crippen LogP contribution in [0, 0.1) is 0 Å². The number of allylic oxidation sites excluding steroid dienone is 24. The van der Waals surface area contributed by atoms with Gasteiger partial charge in [-0.15, -0.1) is 0 Å². The highest BCUT2D eigenvalue weighted by Gasteiger charge is 2.19. The van der Waals surface area contributed by atoms with E-state index in [9.17, 15) is 14.4 Å². The van der Waals surface area contributed by atoms with Crippen molar-refractivity contribution < 1.29 is 28.6 Å². The van der Waals surface area contributed by atoms with Crippen LogP contribution in [0.25, 0.3) is 0 Å². The van der Waals surface area contributed by atoms with Gasteiger partial charge >= 0.3 is 17.9 Å². The van der Waals surface area contributed by atoms with Crippen molar-refractivity contribution in [2.45, 2.75) is 264 Å². The van der Waals surface area contributed by atoms with Crippen LogP contribution in [-0.4, -0.2) is 37.2 Å². The van der Waals surface area contributed by atoms with Gasteiger partial charge in [0.05, 0.1) is 0 Å². The lowest BCUT2D eigenvalue weighted by Gasteiger charge is -2.18. The lowest BCUT2D eigenvalue weighted by molar-refractivity contribution is -0.167. The molecule has 0 saturated carbocycles. The largest absolute Gasteiger partial charge is 0.462 e. The predicted molar refractivity (Wildman–Crippen MR) is 329 cm³/mol. The van der Waals surface area contributed by atoms with E-state index in [1.165, 1.54) is 70.6 Å². The van der Waals surface area contributed by atoms with E-state index in [-0.39, 0.29) is 31.1 Å². The Bertz CT molecular complexity index is 1680. The zero-order valence-corrected chi connectivity index (χ0v) is 49.0. The summed E-state index contributed by atoms with van der Waals surface area (Å²) in [6.45, 7) is 6.42. The maximum atomic E-state index is 12.8. The zero-order chi connectivity index (χ0) is 55.0. The van der Waals surface area contributed by atoms with E-state index < -0.39 is 6.10 Å². The Labute approximate surface area is 467 Å². The molecule has 6 nitrogen and oxygen atoms in total. The highest BCUT2D eigenvalue weighted by atomic mass is 16.6. The van der Waals surface area contributed by atoms with Crippen molar-refractivity contribution in [1.29, 1.82) is 0 Å². The van der Waals surface area contributed by atoms with Crippen LogP contribution in [0.4, 0.5) is 0 Å². The predicted octanol–water partition coefficient (Wildman–Crippen LogP) is 21.2. The number of carbonyl (C=O) groups is 3. The first-order chi connectivity index (χ1) is 37.5. The van der Waals surface area contributed by atoms with Crippen LogP contribution in [0.5, 0.6) is 0 Å². The highest BCUT2D eigenvalue weighted by molar-refractivity contribution is 5.71. The lowest BCUT2D eigenvalue weighted by atomic mass is 10.1. The molecule has 0 saturated heterocycles. The van der Waals surface area contributed by atoms with Crippen LogP contribution in [-0.2, 0) is 28.6 Å². The molecule has 76 heavy (non-hydrogen) atoms. The zero-order valence-electron chi connectivity index (χ0n) is 49.0. The number of esters is 3. The van der Waals surface area contributed by atoms with Gasteiger partial charge in [-0.05, 0) is 141 Å². The Morgan fingerprint density at radius 3 is 0.882 bits per heavy atom. The summed E-state index contributed by atoms with van der Waals surface area (Å²) in [5.41, 5.74) is 0. The minimum absolute atomic E-state index is 0.104. The molecule has 0 bridgehead atoms. The van der Waals surface area contributed by atoms with Crippen molar-refractivity contribution in [3.8, 4) is 0 Å². The van der Waals surface area contributed by atoms with Gasteiger partial charge in [-0.1, -0.05) is 244 Å². The van der Waals surface area contributed by atoms with Crippen LogP contribution in [0.2, 0.25) is 0 Å². The van der Waals surface area contributed by atoms with Gasteiger partial charge in [0.2, 0.25) is 0 Å². The molecule has 0 aliphatic carbocycles. The first-order valence-corrected chi connectivity index (χ1v) is 30.8. The van der Waals surface area contributed by atoms with Crippen molar-refractivity contribution in [2.24, 2.45) is 0 Å². The summed E-state index contributed by atoms with van der Waals surface area (Å²) in [4.78, 5) is 38.1. The van der Waals surface area contributed by atoms with E-state index >= 15 is 0 Å². The normalized spacial score (nSPS) is 13.1. The van der Waals surface area contributed by atoms with Gasteiger partial charge in [0, 0.05) is 19.3 Å². The van der Waals surface area contributed by atoms with Gasteiger partial charge < -0.3 is 14.2 Å². The molecule has 0 aliphatic heterocycles. The molecule has 1 unspecified atom stereocenters. The minimum Gasteiger partial charge on any atom is -0.462 e. The van der Waals surface area contributed by atoms with Gasteiger partial charge in [0.25, 0.3) is 0 Å². The molecule has 0 aromatic carbocycles. The maximum Gasteiger partial charge on any atom is 0.306 e.